The number of nitrogens with zero attached hydrogens (tertiary/aromatic N) is 4. The second-order valence-electron chi connectivity index (χ2n) is 14.0. The van der Waals surface area contributed by atoms with Crippen LogP contribution >= 0.6 is 0 Å². The maximum Gasteiger partial charge on any atom is 0.490 e. The van der Waals surface area contributed by atoms with E-state index in [-0.39, 0.29) is 23.1 Å². The van der Waals surface area contributed by atoms with Crippen molar-refractivity contribution in [2.45, 2.75) is 122 Å². The van der Waals surface area contributed by atoms with Crippen LogP contribution in [0.5, 0.6) is 0 Å². The molecule has 5 rings (SSSR count). The van der Waals surface area contributed by atoms with Gasteiger partial charge in [0, 0.05) is 63.6 Å². The molecule has 4 fully saturated rings. The van der Waals surface area contributed by atoms with Gasteiger partial charge in [0.25, 0.3) is 5.91 Å². The lowest BCUT2D eigenvalue weighted by atomic mass is 9.74. The number of carboxylic acid groups (broad SMARTS) is 1. The number of carbonyl (C=O) groups is 3. The van der Waals surface area contributed by atoms with E-state index in [2.05, 4.69) is 28.8 Å². The summed E-state index contributed by atoms with van der Waals surface area (Å²) in [5.74, 6) is -1.05. The van der Waals surface area contributed by atoms with Crippen molar-refractivity contribution in [1.29, 1.82) is 0 Å². The van der Waals surface area contributed by atoms with Crippen LogP contribution in [0.25, 0.3) is 0 Å². The van der Waals surface area contributed by atoms with Crippen molar-refractivity contribution in [3.63, 3.8) is 0 Å². The van der Waals surface area contributed by atoms with Gasteiger partial charge in [-0.25, -0.2) is 9.59 Å². The number of piperidine rings is 2. The lowest BCUT2D eigenvalue weighted by molar-refractivity contribution is -0.192. The molecule has 1 spiro atoms. The molecule has 1 unspecified atom stereocenters. The van der Waals surface area contributed by atoms with Crippen molar-refractivity contribution in [3.05, 3.63) is 17.0 Å². The molecular weight excluding hydrogens is 605 g/mol. The summed E-state index contributed by atoms with van der Waals surface area (Å²) in [4.78, 5) is 42.0. The standard InChI is InChI=1S/C31H50N4O4.C2HF3O2/c1-5-6-12-26-22-34(21-25-10-8-7-9-11-25)29(37)38-31(26)15-19-35(20-16-31)30(4)13-17-33(18-14-30)28(36)27-23(2)32-39-24(27)3;3-2(4,5)1(6)7/h25-26H,5-22H2,1-4H3;(H,6,7). The highest BCUT2D eigenvalue weighted by Gasteiger charge is 2.51. The van der Waals surface area contributed by atoms with Gasteiger partial charge < -0.3 is 24.2 Å². The SMILES string of the molecule is CCCCC1CN(CC2CCCCC2)C(=O)OC12CCN(C1(C)CCN(C(=O)c3c(C)noc3C)CC1)CC2.O=C(O)C(F)(F)F. The molecular formula is C33H51F3N4O6. The van der Waals surface area contributed by atoms with Gasteiger partial charge >= 0.3 is 18.2 Å². The molecule has 260 valence electrons. The molecule has 1 aromatic heterocycles. The normalized spacial score (nSPS) is 23.9. The summed E-state index contributed by atoms with van der Waals surface area (Å²) in [6.45, 7) is 13.4. The Hall–Kier alpha value is -2.83. The number of aromatic nitrogens is 1. The van der Waals surface area contributed by atoms with Crippen molar-refractivity contribution in [3.8, 4) is 0 Å². The second-order valence-corrected chi connectivity index (χ2v) is 14.0. The van der Waals surface area contributed by atoms with Crippen LogP contribution in [-0.4, -0.2) is 99.5 Å². The van der Waals surface area contributed by atoms with Crippen molar-refractivity contribution in [2.24, 2.45) is 11.8 Å². The predicted octanol–water partition coefficient (Wildman–Crippen LogP) is 6.59. The molecule has 13 heteroatoms. The highest BCUT2D eigenvalue weighted by Crippen LogP contribution is 2.44. The number of hydrogen-bond donors (Lipinski definition) is 1. The number of ether oxygens (including phenoxy) is 1. The van der Waals surface area contributed by atoms with Gasteiger partial charge in [-0.15, -0.1) is 0 Å². The number of aryl methyl sites for hydroxylation is 2. The van der Waals surface area contributed by atoms with Crippen molar-refractivity contribution < 1.29 is 41.9 Å². The summed E-state index contributed by atoms with van der Waals surface area (Å²) in [5, 5.41) is 11.1. The molecule has 10 nitrogen and oxygen atoms in total. The van der Waals surface area contributed by atoms with E-state index in [1.807, 2.05) is 18.7 Å². The van der Waals surface area contributed by atoms with Gasteiger partial charge in [0.2, 0.25) is 0 Å². The summed E-state index contributed by atoms with van der Waals surface area (Å²) < 4.78 is 43.4. The lowest BCUT2D eigenvalue weighted by Crippen LogP contribution is -2.63. The van der Waals surface area contributed by atoms with Crippen LogP contribution in [0.1, 0.15) is 113 Å². The Balaban J connectivity index is 0.000000617. The largest absolute Gasteiger partial charge is 0.490 e. The van der Waals surface area contributed by atoms with E-state index in [1.54, 1.807) is 0 Å². The Morgan fingerprint density at radius 1 is 1.02 bits per heavy atom. The van der Waals surface area contributed by atoms with Gasteiger partial charge in [-0.2, -0.15) is 13.2 Å². The molecule has 1 aromatic rings. The third-order valence-corrected chi connectivity index (χ3v) is 10.8. The summed E-state index contributed by atoms with van der Waals surface area (Å²) in [6, 6.07) is 0. The highest BCUT2D eigenvalue weighted by molar-refractivity contribution is 5.96. The van der Waals surface area contributed by atoms with Gasteiger partial charge in [-0.1, -0.05) is 44.2 Å². The number of likely N-dealkylation sites (tertiary alicyclic amines) is 2. The number of amides is 2. The van der Waals surface area contributed by atoms with Crippen LogP contribution in [0, 0.1) is 25.7 Å². The minimum Gasteiger partial charge on any atom is -0.475 e. The molecule has 3 aliphatic heterocycles. The average Bonchev–Trinajstić information content (AvgIpc) is 3.36. The summed E-state index contributed by atoms with van der Waals surface area (Å²) in [7, 11) is 0. The molecule has 1 aliphatic carbocycles. The average molecular weight is 657 g/mol. The molecule has 3 saturated heterocycles. The van der Waals surface area contributed by atoms with E-state index in [0.29, 0.717) is 28.9 Å². The number of aliphatic carboxylic acids is 1. The fourth-order valence-electron chi connectivity index (χ4n) is 7.85. The number of carboxylic acids is 1. The smallest absolute Gasteiger partial charge is 0.475 e. The lowest BCUT2D eigenvalue weighted by Gasteiger charge is -2.55. The molecule has 46 heavy (non-hydrogen) atoms. The number of rotatable bonds is 7. The Morgan fingerprint density at radius 2 is 1.63 bits per heavy atom. The fraction of sp³-hybridized carbons (Fsp3) is 0.818. The molecule has 2 amide bonds. The molecule has 1 saturated carbocycles. The first kappa shape index (κ1) is 36.0. The Labute approximate surface area is 269 Å². The molecule has 1 atom stereocenters. The van der Waals surface area contributed by atoms with E-state index in [9.17, 15) is 22.8 Å². The minimum atomic E-state index is -5.08. The predicted molar refractivity (Wildman–Crippen MR) is 164 cm³/mol. The zero-order valence-corrected chi connectivity index (χ0v) is 27.8. The number of halogens is 3. The Kier molecular flexibility index (Phi) is 11.7. The van der Waals surface area contributed by atoms with Crippen LogP contribution in [0.15, 0.2) is 4.52 Å². The van der Waals surface area contributed by atoms with Crippen LogP contribution < -0.4 is 0 Å². The molecule has 4 aliphatic rings. The Bertz CT molecular complexity index is 1180. The number of carbonyl (C=O) groups excluding carboxylic acids is 2. The monoisotopic (exact) mass is 656 g/mol. The molecule has 0 aromatic carbocycles. The van der Waals surface area contributed by atoms with Crippen molar-refractivity contribution in [1.82, 2.24) is 19.9 Å². The van der Waals surface area contributed by atoms with E-state index in [4.69, 9.17) is 19.2 Å². The maximum absolute atomic E-state index is 13.3. The van der Waals surface area contributed by atoms with Crippen molar-refractivity contribution >= 4 is 18.0 Å². The van der Waals surface area contributed by atoms with E-state index >= 15 is 0 Å². The van der Waals surface area contributed by atoms with E-state index in [1.165, 1.54) is 44.9 Å². The van der Waals surface area contributed by atoms with Gasteiger partial charge in [0.05, 0.1) is 5.69 Å². The zero-order valence-electron chi connectivity index (χ0n) is 27.8. The summed E-state index contributed by atoms with van der Waals surface area (Å²) >= 11 is 0. The van der Waals surface area contributed by atoms with Crippen molar-refractivity contribution in [2.75, 3.05) is 39.3 Å². The third-order valence-electron chi connectivity index (χ3n) is 10.8. The quantitative estimate of drug-likeness (QED) is 0.349. The number of hydrogen-bond acceptors (Lipinski definition) is 7. The van der Waals surface area contributed by atoms with E-state index in [0.717, 1.165) is 71.4 Å². The van der Waals surface area contributed by atoms with Gasteiger partial charge in [-0.3, -0.25) is 9.69 Å². The first-order chi connectivity index (χ1) is 21.7. The minimum absolute atomic E-state index is 0.0385. The summed E-state index contributed by atoms with van der Waals surface area (Å²) in [5.41, 5.74) is 1.03. The van der Waals surface area contributed by atoms with Gasteiger partial charge in [0.1, 0.15) is 16.9 Å². The number of unbranched alkanes of at least 4 members (excludes halogenated alkanes) is 1. The molecule has 0 radical (unpaired) electrons. The third kappa shape index (κ3) is 8.36. The first-order valence-electron chi connectivity index (χ1n) is 16.9. The topological polar surface area (TPSA) is 116 Å². The van der Waals surface area contributed by atoms with Crippen LogP contribution in [0.2, 0.25) is 0 Å². The highest BCUT2D eigenvalue weighted by atomic mass is 19.4. The molecule has 0 bridgehead atoms. The molecule has 4 heterocycles. The second kappa shape index (κ2) is 14.9. The first-order valence-corrected chi connectivity index (χ1v) is 16.9. The van der Waals surface area contributed by atoms with Crippen LogP contribution in [0.4, 0.5) is 18.0 Å². The van der Waals surface area contributed by atoms with Gasteiger partial charge in [-0.05, 0) is 58.8 Å². The molecule has 1 N–H and O–H groups in total. The fourth-order valence-corrected chi connectivity index (χ4v) is 7.85. The Morgan fingerprint density at radius 3 is 2.15 bits per heavy atom. The summed E-state index contributed by atoms with van der Waals surface area (Å²) in [6.07, 6.45) is 8.54. The van der Waals surface area contributed by atoms with E-state index < -0.39 is 12.1 Å². The zero-order chi connectivity index (χ0) is 33.7. The van der Waals surface area contributed by atoms with Crippen LogP contribution in [0.3, 0.4) is 0 Å². The van der Waals surface area contributed by atoms with Crippen LogP contribution in [-0.2, 0) is 9.53 Å². The maximum atomic E-state index is 13.3. The number of alkyl halides is 3. The van der Waals surface area contributed by atoms with Gasteiger partial charge in [0.15, 0.2) is 0 Å².